The smallest absolute Gasteiger partial charge is 0.166 e. The number of benzene rings is 10. The lowest BCUT2D eigenvalue weighted by molar-refractivity contribution is 1.06. The van der Waals surface area contributed by atoms with E-state index in [1.54, 1.807) is 17.4 Å². The maximum atomic E-state index is 9.03. The van der Waals surface area contributed by atoms with E-state index in [0.717, 1.165) is 65.1 Å². The van der Waals surface area contributed by atoms with Gasteiger partial charge in [0.25, 0.3) is 0 Å². The van der Waals surface area contributed by atoms with Crippen molar-refractivity contribution in [3.63, 3.8) is 0 Å². The first-order valence-corrected chi connectivity index (χ1v) is 24.9. The summed E-state index contributed by atoms with van der Waals surface area (Å²) in [5.41, 5.74) is 6.91. The van der Waals surface area contributed by atoms with E-state index in [2.05, 4.69) is 105 Å². The number of hydrogen-bond donors (Lipinski definition) is 0. The maximum absolute atomic E-state index is 9.03. The number of fused-ring (bicyclic) bond motifs is 10. The van der Waals surface area contributed by atoms with Crippen LogP contribution < -0.4 is 0 Å². The average molecular weight is 987 g/mol. The highest BCUT2D eigenvalue weighted by atomic mass is 32.1. The third-order valence-corrected chi connectivity index (χ3v) is 14.8. The quantitative estimate of drug-likeness (QED) is 0.151. The molecule has 0 amide bonds. The van der Waals surface area contributed by atoms with Crippen LogP contribution in [0.15, 0.2) is 242 Å². The second kappa shape index (κ2) is 17.4. The van der Waals surface area contributed by atoms with E-state index in [0.29, 0.717) is 28.5 Å². The van der Waals surface area contributed by atoms with E-state index in [4.69, 9.17) is 38.6 Å². The Kier molecular flexibility index (Phi) is 7.79. The largest absolute Gasteiger partial charge is 0.308 e. The van der Waals surface area contributed by atoms with Crippen LogP contribution in [-0.2, 0) is 0 Å². The molecule has 0 saturated heterocycles. The summed E-state index contributed by atoms with van der Waals surface area (Å²) in [6.45, 7) is 0. The molecule has 0 saturated carbocycles. The van der Waals surface area contributed by atoms with E-state index in [9.17, 15) is 0 Å². The molecule has 8 nitrogen and oxygen atoms in total. The monoisotopic (exact) mass is 986 g/mol. The van der Waals surface area contributed by atoms with Crippen LogP contribution in [0.5, 0.6) is 0 Å². The molecule has 0 N–H and O–H groups in total. The molecule has 5 aromatic heterocycles. The zero-order chi connectivity index (χ0) is 58.1. The second-order valence-corrected chi connectivity index (χ2v) is 18.9. The van der Waals surface area contributed by atoms with E-state index in [-0.39, 0.29) is 34.4 Å². The summed E-state index contributed by atoms with van der Waals surface area (Å²) >= 11 is 1.77. The number of para-hydroxylation sites is 2. The van der Waals surface area contributed by atoms with Crippen molar-refractivity contribution in [2.75, 3.05) is 0 Å². The number of hydrogen-bond acceptors (Lipinski definition) is 7. The fourth-order valence-corrected chi connectivity index (χ4v) is 11.6. The molecule has 15 rings (SSSR count). The van der Waals surface area contributed by atoms with Crippen molar-refractivity contribution in [1.82, 2.24) is 39.0 Å². The fraction of sp³-hybridized carbons (Fsp3) is 0. The van der Waals surface area contributed by atoms with Gasteiger partial charge in [-0.05, 0) is 48.5 Å². The normalized spacial score (nSPS) is 13.6. The van der Waals surface area contributed by atoms with Crippen LogP contribution in [0, 0.1) is 0 Å². The Labute approximate surface area is 448 Å². The molecule has 0 bridgehead atoms. The van der Waals surface area contributed by atoms with Crippen LogP contribution >= 0.6 is 11.3 Å². The van der Waals surface area contributed by atoms with Gasteiger partial charge in [0, 0.05) is 70.4 Å². The van der Waals surface area contributed by atoms with Gasteiger partial charge < -0.3 is 9.13 Å². The number of nitrogens with zero attached hydrogens (tertiary/aromatic N) is 8. The summed E-state index contributed by atoms with van der Waals surface area (Å²) in [5, 5.41) is 6.34. The molecular weight excluding hydrogens is 937 g/mol. The Hall–Kier alpha value is -9.96. The Morgan fingerprint density at radius 1 is 0.333 bits per heavy atom. The van der Waals surface area contributed by atoms with Gasteiger partial charge in [-0.3, -0.25) is 0 Å². The molecule has 0 spiro atoms. The topological polar surface area (TPSA) is 87.2 Å². The summed E-state index contributed by atoms with van der Waals surface area (Å²) in [4.78, 5) is 29.9. The van der Waals surface area contributed by atoms with Crippen LogP contribution in [0.25, 0.3) is 143 Å². The lowest BCUT2D eigenvalue weighted by atomic mass is 10.0. The van der Waals surface area contributed by atoms with Gasteiger partial charge in [0.1, 0.15) is 0 Å². The predicted octanol–water partition coefficient (Wildman–Crippen LogP) is 16.6. The first-order chi connectivity index (χ1) is 41.3. The number of rotatable bonds is 8. The third-order valence-electron chi connectivity index (χ3n) is 13.6. The zero-order valence-corrected chi connectivity index (χ0v) is 40.1. The Bertz CT molecular complexity index is 5140. The molecule has 10 aromatic carbocycles. The van der Waals surface area contributed by atoms with Gasteiger partial charge in [-0.1, -0.05) is 194 Å². The summed E-state index contributed by atoms with van der Waals surface area (Å²) in [5.74, 6) is 0.133. The SMILES string of the molecule is [2H]c1c([2H])c([2H])c(-c2nc(-c3ccc(-n4c5ccccc5c5ccc6c(c7ccccc7n6-c6cccc7c6sc6ccccc67)c54)c(-c4nc(-c5ccccc5)nc(-c5ccccc5)n4)c3)nc(-c3c([2H])c([2H])c([2H])c([2H])c3[2H])n2)c([2H])c1[2H]. The minimum absolute atomic E-state index is 0.116. The van der Waals surface area contributed by atoms with E-state index in [1.165, 1.54) is 15.5 Å². The molecule has 15 aromatic rings. The maximum Gasteiger partial charge on any atom is 0.166 e. The van der Waals surface area contributed by atoms with E-state index in [1.807, 2.05) is 84.9 Å². The molecule has 0 unspecified atom stereocenters. The van der Waals surface area contributed by atoms with Crippen molar-refractivity contribution in [2.24, 2.45) is 0 Å². The third kappa shape index (κ3) is 7.05. The lowest BCUT2D eigenvalue weighted by Gasteiger charge is -2.17. The molecular formula is C66H40N8S. The summed E-state index contributed by atoms with van der Waals surface area (Å²) < 4.78 is 94.3. The van der Waals surface area contributed by atoms with Crippen molar-refractivity contribution in [3.8, 4) is 79.7 Å². The predicted molar refractivity (Wildman–Crippen MR) is 307 cm³/mol. The van der Waals surface area contributed by atoms with Crippen LogP contribution in [0.1, 0.15) is 13.7 Å². The highest BCUT2D eigenvalue weighted by Crippen LogP contribution is 2.46. The molecule has 0 aliphatic carbocycles. The van der Waals surface area contributed by atoms with Gasteiger partial charge >= 0.3 is 0 Å². The van der Waals surface area contributed by atoms with Crippen LogP contribution in [0.4, 0.5) is 0 Å². The van der Waals surface area contributed by atoms with Gasteiger partial charge in [0.2, 0.25) is 0 Å². The Morgan fingerprint density at radius 3 is 1.51 bits per heavy atom. The summed E-state index contributed by atoms with van der Waals surface area (Å²) in [6, 6.07) is 54.4. The highest BCUT2D eigenvalue weighted by molar-refractivity contribution is 7.26. The minimum atomic E-state index is -0.646. The van der Waals surface area contributed by atoms with Gasteiger partial charge in [-0.15, -0.1) is 11.3 Å². The molecule has 350 valence electrons. The van der Waals surface area contributed by atoms with Crippen LogP contribution in [0.3, 0.4) is 0 Å². The van der Waals surface area contributed by atoms with Crippen molar-refractivity contribution in [3.05, 3.63) is 242 Å². The first kappa shape index (κ1) is 33.6. The molecule has 9 heteroatoms. The van der Waals surface area contributed by atoms with Crippen molar-refractivity contribution in [2.45, 2.75) is 0 Å². The Morgan fingerprint density at radius 2 is 0.853 bits per heavy atom. The minimum Gasteiger partial charge on any atom is -0.308 e. The van der Waals surface area contributed by atoms with Crippen LogP contribution in [-0.4, -0.2) is 39.0 Å². The van der Waals surface area contributed by atoms with Gasteiger partial charge in [0.15, 0.2) is 34.9 Å². The van der Waals surface area contributed by atoms with Crippen molar-refractivity contribution < 1.29 is 13.7 Å². The number of aromatic nitrogens is 8. The molecule has 75 heavy (non-hydrogen) atoms. The molecule has 0 aliphatic rings. The van der Waals surface area contributed by atoms with E-state index < -0.39 is 60.4 Å². The van der Waals surface area contributed by atoms with E-state index >= 15 is 0 Å². The molecule has 0 aliphatic heterocycles. The number of thiophene rings is 1. The molecule has 0 fully saturated rings. The zero-order valence-electron chi connectivity index (χ0n) is 49.3. The lowest BCUT2D eigenvalue weighted by Crippen LogP contribution is -2.05. The fourth-order valence-electron chi connectivity index (χ4n) is 10.4. The molecule has 0 radical (unpaired) electrons. The summed E-state index contributed by atoms with van der Waals surface area (Å²) in [7, 11) is 0. The average Bonchev–Trinajstić information content (AvgIpc) is 1.65. The first-order valence-electron chi connectivity index (χ1n) is 29.1. The standard InChI is InChI=1S/C66H40N8S/c1-5-20-41(21-6-1)61-67-62(42-22-7-2-8-23-42)70-65(69-61)45-36-38-54(51(40-45)66-71-63(43-24-9-3-10-25-43)68-64(72-66)44-26-11-4-12-27-44)74-52-32-16-13-28-46(52)48-37-39-55-58(59(48)74)50-30-14-17-33-53(50)73(55)56-34-19-31-49-47-29-15-18-35-57(47)75-60(49)56/h1-40H/i1D,2D,5D,6D,7D,8D,20D,21D,22D,23D. The molecule has 0 atom stereocenters. The van der Waals surface area contributed by atoms with Gasteiger partial charge in [-0.2, -0.15) is 0 Å². The highest BCUT2D eigenvalue weighted by Gasteiger charge is 2.26. The Balaban J connectivity index is 1.07. The molecule has 5 heterocycles. The van der Waals surface area contributed by atoms with Crippen molar-refractivity contribution >= 4 is 75.1 Å². The second-order valence-electron chi connectivity index (χ2n) is 17.9. The van der Waals surface area contributed by atoms with Crippen LogP contribution in [0.2, 0.25) is 0 Å². The summed E-state index contributed by atoms with van der Waals surface area (Å²) in [6.07, 6.45) is 0. The van der Waals surface area contributed by atoms with Gasteiger partial charge in [0.05, 0.1) is 51.8 Å². The van der Waals surface area contributed by atoms with Crippen molar-refractivity contribution in [1.29, 1.82) is 0 Å². The van der Waals surface area contributed by atoms with Gasteiger partial charge in [-0.25, -0.2) is 29.9 Å².